The molecule has 0 spiro atoms. The van der Waals surface area contributed by atoms with E-state index in [0.29, 0.717) is 34.9 Å². The lowest BCUT2D eigenvalue weighted by atomic mass is 10.1. The van der Waals surface area contributed by atoms with E-state index in [9.17, 15) is 19.6 Å². The Morgan fingerprint density at radius 3 is 2.67 bits per heavy atom. The molecule has 11 heteroatoms. The maximum atomic E-state index is 12.6. The van der Waals surface area contributed by atoms with Crippen LogP contribution in [-0.4, -0.2) is 42.9 Å². The second kappa shape index (κ2) is 12.0. The third-order valence-electron chi connectivity index (χ3n) is 4.34. The number of benzene rings is 1. The van der Waals surface area contributed by atoms with Gasteiger partial charge in [-0.3, -0.25) is 14.4 Å². The van der Waals surface area contributed by atoms with Gasteiger partial charge in [0.25, 0.3) is 17.4 Å². The van der Waals surface area contributed by atoms with Crippen LogP contribution < -0.4 is 26.2 Å². The lowest BCUT2D eigenvalue weighted by Gasteiger charge is -2.12. The molecule has 0 atom stereocenters. The normalized spacial score (nSPS) is 10.6. The van der Waals surface area contributed by atoms with Crippen LogP contribution >= 0.6 is 0 Å². The predicted octanol–water partition coefficient (Wildman–Crippen LogP) is 0.588. The monoisotopic (exact) mass is 455 g/mol. The highest BCUT2D eigenvalue weighted by Crippen LogP contribution is 2.28. The fourth-order valence-corrected chi connectivity index (χ4v) is 2.92. The number of ether oxygens (including phenoxy) is 3. The standard InChI is InChI=1S/C22H25N5O6/c1-4-32-19-8-15(5-6-18(19)33-13-20(24)28)10-25-26-21(29)11-27-14(2)7-16(12-31-3)17(9-23)22(27)30/h5-8,10H,4,11-13H2,1-3H3,(H2,24,28)(H,26,29)/b25-10+. The molecule has 2 aromatic rings. The number of carbonyl (C=O) groups is 2. The van der Waals surface area contributed by atoms with Gasteiger partial charge in [-0.1, -0.05) is 0 Å². The zero-order valence-corrected chi connectivity index (χ0v) is 18.6. The zero-order chi connectivity index (χ0) is 24.4. The van der Waals surface area contributed by atoms with Crippen molar-refractivity contribution in [2.24, 2.45) is 10.8 Å². The molecule has 0 aliphatic heterocycles. The van der Waals surface area contributed by atoms with Crippen LogP contribution in [0.25, 0.3) is 0 Å². The summed E-state index contributed by atoms with van der Waals surface area (Å²) in [5.74, 6) is -0.435. The van der Waals surface area contributed by atoms with Gasteiger partial charge in [0.1, 0.15) is 18.2 Å². The first-order valence-corrected chi connectivity index (χ1v) is 9.92. The van der Waals surface area contributed by atoms with E-state index in [1.807, 2.05) is 6.07 Å². The number of nitrogens with zero attached hydrogens (tertiary/aromatic N) is 3. The number of pyridine rings is 1. The van der Waals surface area contributed by atoms with E-state index < -0.39 is 17.4 Å². The van der Waals surface area contributed by atoms with Gasteiger partial charge in [-0.25, -0.2) is 5.43 Å². The second-order valence-corrected chi connectivity index (χ2v) is 6.81. The number of rotatable bonds is 11. The van der Waals surface area contributed by atoms with Gasteiger partial charge in [-0.2, -0.15) is 10.4 Å². The van der Waals surface area contributed by atoms with Crippen LogP contribution in [0.2, 0.25) is 0 Å². The summed E-state index contributed by atoms with van der Waals surface area (Å²) in [5.41, 5.74) is 8.36. The summed E-state index contributed by atoms with van der Waals surface area (Å²) in [6.07, 6.45) is 1.39. The molecule has 11 nitrogen and oxygen atoms in total. The highest BCUT2D eigenvalue weighted by molar-refractivity contribution is 5.83. The number of aromatic nitrogens is 1. The fourth-order valence-electron chi connectivity index (χ4n) is 2.92. The Bertz CT molecular complexity index is 1150. The summed E-state index contributed by atoms with van der Waals surface area (Å²) >= 11 is 0. The number of aryl methyl sites for hydroxylation is 1. The smallest absolute Gasteiger partial charge is 0.269 e. The molecule has 0 fully saturated rings. The molecule has 2 rings (SSSR count). The number of hydrogen-bond donors (Lipinski definition) is 2. The van der Waals surface area contributed by atoms with Crippen molar-refractivity contribution in [3.63, 3.8) is 0 Å². The maximum Gasteiger partial charge on any atom is 0.269 e. The molecule has 1 aromatic heterocycles. The van der Waals surface area contributed by atoms with Gasteiger partial charge in [0.2, 0.25) is 0 Å². The highest BCUT2D eigenvalue weighted by Gasteiger charge is 2.15. The van der Waals surface area contributed by atoms with E-state index in [0.717, 1.165) is 0 Å². The minimum Gasteiger partial charge on any atom is -0.490 e. The predicted molar refractivity (Wildman–Crippen MR) is 119 cm³/mol. The van der Waals surface area contributed by atoms with Crippen LogP contribution in [0.1, 0.15) is 29.3 Å². The quantitative estimate of drug-likeness (QED) is 0.371. The number of methoxy groups -OCH3 is 1. The number of nitrogens with one attached hydrogen (secondary N) is 1. The van der Waals surface area contributed by atoms with Crippen molar-refractivity contribution in [2.45, 2.75) is 27.0 Å². The molecule has 3 N–H and O–H groups in total. The summed E-state index contributed by atoms with van der Waals surface area (Å²) in [7, 11) is 1.46. The van der Waals surface area contributed by atoms with Crippen molar-refractivity contribution in [1.29, 1.82) is 5.26 Å². The van der Waals surface area contributed by atoms with Crippen molar-refractivity contribution in [1.82, 2.24) is 9.99 Å². The topological polar surface area (TPSA) is 158 Å². The molecular formula is C22H25N5O6. The van der Waals surface area contributed by atoms with Crippen molar-refractivity contribution in [2.75, 3.05) is 20.3 Å². The number of nitrogens with two attached hydrogens (primary N) is 1. The number of primary amides is 1. The molecule has 0 unspecified atom stereocenters. The van der Waals surface area contributed by atoms with Crippen LogP contribution in [0.3, 0.4) is 0 Å². The Morgan fingerprint density at radius 1 is 1.27 bits per heavy atom. The maximum absolute atomic E-state index is 12.6. The third kappa shape index (κ3) is 6.91. The van der Waals surface area contributed by atoms with Crippen molar-refractivity contribution in [3.05, 3.63) is 57.0 Å². The number of amides is 2. The van der Waals surface area contributed by atoms with Gasteiger partial charge >= 0.3 is 0 Å². The Balaban J connectivity index is 2.11. The first kappa shape index (κ1) is 25.1. The fraction of sp³-hybridized carbons (Fsp3) is 0.318. The average molecular weight is 455 g/mol. The molecule has 174 valence electrons. The summed E-state index contributed by atoms with van der Waals surface area (Å²) < 4.78 is 17.0. The van der Waals surface area contributed by atoms with E-state index in [4.69, 9.17) is 19.9 Å². The van der Waals surface area contributed by atoms with E-state index in [2.05, 4.69) is 10.5 Å². The Hall–Kier alpha value is -4.17. The number of carbonyl (C=O) groups excluding carboxylic acids is 2. The van der Waals surface area contributed by atoms with Gasteiger partial charge in [0, 0.05) is 18.4 Å². The molecule has 0 saturated carbocycles. The molecule has 33 heavy (non-hydrogen) atoms. The van der Waals surface area contributed by atoms with E-state index in [1.54, 1.807) is 38.1 Å². The average Bonchev–Trinajstić information content (AvgIpc) is 2.76. The van der Waals surface area contributed by atoms with Crippen molar-refractivity contribution in [3.8, 4) is 17.6 Å². The van der Waals surface area contributed by atoms with Gasteiger partial charge < -0.3 is 24.5 Å². The molecule has 0 aliphatic rings. The van der Waals surface area contributed by atoms with Gasteiger partial charge in [-0.05, 0) is 43.7 Å². The van der Waals surface area contributed by atoms with Crippen LogP contribution in [-0.2, 0) is 27.5 Å². The van der Waals surface area contributed by atoms with Crippen molar-refractivity contribution >= 4 is 18.0 Å². The van der Waals surface area contributed by atoms with E-state index >= 15 is 0 Å². The lowest BCUT2D eigenvalue weighted by molar-refractivity contribution is -0.122. The summed E-state index contributed by atoms with van der Waals surface area (Å²) in [4.78, 5) is 35.8. The Morgan fingerprint density at radius 2 is 2.03 bits per heavy atom. The lowest BCUT2D eigenvalue weighted by Crippen LogP contribution is -2.33. The molecule has 0 aliphatic carbocycles. The summed E-state index contributed by atoms with van der Waals surface area (Å²) in [6.45, 7) is 3.34. The van der Waals surface area contributed by atoms with Gasteiger partial charge in [0.05, 0.1) is 19.4 Å². The minimum absolute atomic E-state index is 0.0687. The number of nitriles is 1. The van der Waals surface area contributed by atoms with Gasteiger partial charge in [-0.15, -0.1) is 0 Å². The Labute approximate surface area is 190 Å². The van der Waals surface area contributed by atoms with Crippen LogP contribution in [0, 0.1) is 18.3 Å². The van der Waals surface area contributed by atoms with Crippen molar-refractivity contribution < 1.29 is 23.8 Å². The van der Waals surface area contributed by atoms with E-state index in [-0.39, 0.29) is 25.3 Å². The molecule has 0 saturated heterocycles. The molecule has 2 amide bonds. The SMILES string of the molecule is CCOc1cc(/C=N/NC(=O)Cn2c(C)cc(COC)c(C#N)c2=O)ccc1OCC(N)=O. The van der Waals surface area contributed by atoms with Crippen LogP contribution in [0.15, 0.2) is 34.2 Å². The molecule has 0 radical (unpaired) electrons. The van der Waals surface area contributed by atoms with Gasteiger partial charge in [0.15, 0.2) is 18.1 Å². The van der Waals surface area contributed by atoms with Crippen LogP contribution in [0.5, 0.6) is 11.5 Å². The largest absolute Gasteiger partial charge is 0.490 e. The van der Waals surface area contributed by atoms with Crippen LogP contribution in [0.4, 0.5) is 0 Å². The first-order valence-electron chi connectivity index (χ1n) is 9.92. The summed E-state index contributed by atoms with van der Waals surface area (Å²) in [5, 5.41) is 13.2. The molecular weight excluding hydrogens is 430 g/mol. The molecule has 0 bridgehead atoms. The number of hydrazone groups is 1. The Kier molecular flexibility index (Phi) is 9.14. The minimum atomic E-state index is -0.615. The molecule has 1 heterocycles. The summed E-state index contributed by atoms with van der Waals surface area (Å²) in [6, 6.07) is 8.36. The zero-order valence-electron chi connectivity index (χ0n) is 18.6. The molecule has 1 aromatic carbocycles. The van der Waals surface area contributed by atoms with E-state index in [1.165, 1.54) is 17.9 Å². The first-order chi connectivity index (χ1) is 15.8. The third-order valence-corrected chi connectivity index (χ3v) is 4.34. The number of hydrogen-bond acceptors (Lipinski definition) is 8. The second-order valence-electron chi connectivity index (χ2n) is 6.81. The highest BCUT2D eigenvalue weighted by atomic mass is 16.5.